The molecule has 0 radical (unpaired) electrons. The second-order valence-electron chi connectivity index (χ2n) is 4.96. The van der Waals surface area contributed by atoms with E-state index in [1.165, 1.54) is 17.7 Å². The molecule has 22 heavy (non-hydrogen) atoms. The Morgan fingerprint density at radius 2 is 2.05 bits per heavy atom. The lowest BCUT2D eigenvalue weighted by molar-refractivity contribution is 0.447. The smallest absolute Gasteiger partial charge is 0.278 e. The molecule has 0 amide bonds. The number of nitrogens with one attached hydrogen (secondary N) is 1. The lowest BCUT2D eigenvalue weighted by atomic mass is 10.1. The first-order valence-corrected chi connectivity index (χ1v) is 8.42. The third kappa shape index (κ3) is 3.80. The average Bonchev–Trinajstić information content (AvgIpc) is 2.78. The zero-order valence-corrected chi connectivity index (χ0v) is 13.1. The molecular weight excluding hydrogens is 311 g/mol. The number of rotatable bonds is 6. The van der Waals surface area contributed by atoms with E-state index in [0.29, 0.717) is 12.0 Å². The number of benzene rings is 1. The number of nitrogens with zero attached hydrogens (tertiary/aromatic N) is 3. The van der Waals surface area contributed by atoms with Gasteiger partial charge >= 0.3 is 5.69 Å². The van der Waals surface area contributed by atoms with Crippen molar-refractivity contribution in [2.24, 2.45) is 0 Å². The van der Waals surface area contributed by atoms with E-state index in [1.54, 1.807) is 18.2 Å². The van der Waals surface area contributed by atoms with Crippen molar-refractivity contribution in [1.29, 1.82) is 0 Å². The Kier molecular flexibility index (Phi) is 4.77. The molecule has 120 valence electrons. The molecule has 1 aromatic heterocycles. The number of aromatic amines is 1. The van der Waals surface area contributed by atoms with Gasteiger partial charge in [-0.3, -0.25) is 4.57 Å². The average molecular weight is 328 g/mol. The molecule has 0 saturated heterocycles. The van der Waals surface area contributed by atoms with Crippen LogP contribution in [0.25, 0.3) is 0 Å². The van der Waals surface area contributed by atoms with Crippen LogP contribution in [0.4, 0.5) is 4.39 Å². The largest absolute Gasteiger partial charge is 0.343 e. The third-order valence-electron chi connectivity index (χ3n) is 3.33. The molecule has 7 nitrogen and oxygen atoms in total. The molecule has 9 heteroatoms. The first-order chi connectivity index (χ1) is 10.3. The van der Waals surface area contributed by atoms with Crippen molar-refractivity contribution in [2.45, 2.75) is 19.5 Å². The van der Waals surface area contributed by atoms with Crippen LogP contribution in [0.3, 0.4) is 0 Å². The zero-order chi connectivity index (χ0) is 16.3. The Bertz CT molecular complexity index is 813. The summed E-state index contributed by atoms with van der Waals surface area (Å²) in [5.41, 5.74) is 0.0336. The van der Waals surface area contributed by atoms with Gasteiger partial charge in [0.15, 0.2) is 0 Å². The quantitative estimate of drug-likeness (QED) is 0.828. The van der Waals surface area contributed by atoms with E-state index in [9.17, 15) is 17.6 Å². The number of hydrogen-bond acceptors (Lipinski definition) is 4. The maximum Gasteiger partial charge on any atom is 0.343 e. The topological polar surface area (TPSA) is 88.1 Å². The van der Waals surface area contributed by atoms with Crippen LogP contribution < -0.4 is 5.69 Å². The highest BCUT2D eigenvalue weighted by molar-refractivity contribution is 7.88. The Labute approximate surface area is 127 Å². The van der Waals surface area contributed by atoms with Gasteiger partial charge in [-0.1, -0.05) is 18.2 Å². The van der Waals surface area contributed by atoms with E-state index in [4.69, 9.17) is 0 Å². The van der Waals surface area contributed by atoms with Crippen LogP contribution in [0.1, 0.15) is 11.4 Å². The molecule has 0 aliphatic carbocycles. The Morgan fingerprint density at radius 3 is 2.68 bits per heavy atom. The Balaban J connectivity index is 2.17. The predicted octanol–water partition coefficient (Wildman–Crippen LogP) is 0.345. The predicted molar refractivity (Wildman–Crippen MR) is 79.3 cm³/mol. The maximum absolute atomic E-state index is 13.6. The van der Waals surface area contributed by atoms with Crippen LogP contribution in [-0.4, -0.2) is 40.8 Å². The third-order valence-corrected chi connectivity index (χ3v) is 4.59. The monoisotopic (exact) mass is 328 g/mol. The molecular formula is C13H17FN4O3S. The number of aryl methyl sites for hydroxylation is 1. The van der Waals surface area contributed by atoms with Crippen molar-refractivity contribution in [2.75, 3.05) is 13.3 Å². The molecule has 0 atom stereocenters. The lowest BCUT2D eigenvalue weighted by Crippen LogP contribution is -2.28. The van der Waals surface area contributed by atoms with Gasteiger partial charge in [0.1, 0.15) is 11.6 Å². The maximum atomic E-state index is 13.6. The summed E-state index contributed by atoms with van der Waals surface area (Å²) in [5, 5.41) is 6.12. The van der Waals surface area contributed by atoms with E-state index >= 15 is 0 Å². The fraction of sp³-hybridized carbons (Fsp3) is 0.385. The van der Waals surface area contributed by atoms with Crippen molar-refractivity contribution in [3.63, 3.8) is 0 Å². The Morgan fingerprint density at radius 1 is 1.36 bits per heavy atom. The molecule has 1 N–H and O–H groups in total. The lowest BCUT2D eigenvalue weighted by Gasteiger charge is -2.14. The fourth-order valence-corrected chi connectivity index (χ4v) is 2.30. The standard InChI is InChI=1S/C13H17FN4O3S/c1-17(22(2,20)21)9-12-15-16-13(19)18(12)8-7-10-5-3-4-6-11(10)14/h3-6H,7-9H2,1-2H3,(H,16,19). The van der Waals surface area contributed by atoms with Crippen LogP contribution in [0.15, 0.2) is 29.1 Å². The molecule has 1 heterocycles. The van der Waals surface area contributed by atoms with E-state index in [-0.39, 0.29) is 24.7 Å². The van der Waals surface area contributed by atoms with E-state index in [0.717, 1.165) is 10.6 Å². The summed E-state index contributed by atoms with van der Waals surface area (Å²) in [7, 11) is -1.98. The zero-order valence-electron chi connectivity index (χ0n) is 12.3. The van der Waals surface area contributed by atoms with Gasteiger partial charge in [-0.25, -0.2) is 22.7 Å². The van der Waals surface area contributed by atoms with E-state index in [1.807, 2.05) is 0 Å². The van der Waals surface area contributed by atoms with E-state index in [2.05, 4.69) is 10.2 Å². The van der Waals surface area contributed by atoms with Crippen LogP contribution in [0.2, 0.25) is 0 Å². The molecule has 0 fully saturated rings. The minimum Gasteiger partial charge on any atom is -0.278 e. The van der Waals surface area contributed by atoms with Crippen LogP contribution in [0, 0.1) is 5.82 Å². The number of sulfonamides is 1. The first kappa shape index (κ1) is 16.4. The van der Waals surface area contributed by atoms with Crippen molar-refractivity contribution in [3.05, 3.63) is 52.0 Å². The highest BCUT2D eigenvalue weighted by Crippen LogP contribution is 2.09. The second kappa shape index (κ2) is 6.41. The molecule has 0 bridgehead atoms. The van der Waals surface area contributed by atoms with Crippen LogP contribution >= 0.6 is 0 Å². The normalized spacial score (nSPS) is 12.0. The number of aromatic nitrogens is 3. The van der Waals surface area contributed by atoms with Gasteiger partial charge in [0.25, 0.3) is 0 Å². The van der Waals surface area contributed by atoms with E-state index < -0.39 is 15.7 Å². The molecule has 2 aromatic rings. The van der Waals surface area contributed by atoms with Crippen molar-refractivity contribution in [3.8, 4) is 0 Å². The van der Waals surface area contributed by atoms with Gasteiger partial charge in [0, 0.05) is 13.6 Å². The summed E-state index contributed by atoms with van der Waals surface area (Å²) in [6, 6.07) is 6.30. The molecule has 0 saturated carbocycles. The molecule has 0 spiro atoms. The van der Waals surface area contributed by atoms with Crippen molar-refractivity contribution in [1.82, 2.24) is 19.1 Å². The fourth-order valence-electron chi connectivity index (χ4n) is 1.95. The summed E-state index contributed by atoms with van der Waals surface area (Å²) in [6.45, 7) is 0.179. The van der Waals surface area contributed by atoms with Gasteiger partial charge in [0.05, 0.1) is 12.8 Å². The van der Waals surface area contributed by atoms with Gasteiger partial charge in [0.2, 0.25) is 10.0 Å². The molecule has 0 aliphatic heterocycles. The minimum atomic E-state index is -3.38. The highest BCUT2D eigenvalue weighted by Gasteiger charge is 2.16. The van der Waals surface area contributed by atoms with Crippen LogP contribution in [0.5, 0.6) is 0 Å². The van der Waals surface area contributed by atoms with Gasteiger partial charge in [-0.15, -0.1) is 0 Å². The number of H-pyrrole nitrogens is 1. The summed E-state index contributed by atoms with van der Waals surface area (Å²) < 4.78 is 38.8. The van der Waals surface area contributed by atoms with Gasteiger partial charge in [-0.2, -0.15) is 9.40 Å². The van der Waals surface area contributed by atoms with Gasteiger partial charge in [-0.05, 0) is 18.1 Å². The Hall–Kier alpha value is -2.00. The van der Waals surface area contributed by atoms with Gasteiger partial charge < -0.3 is 0 Å². The summed E-state index contributed by atoms with van der Waals surface area (Å²) in [4.78, 5) is 11.8. The van der Waals surface area contributed by atoms with Crippen molar-refractivity contribution >= 4 is 10.0 Å². The molecule has 0 aliphatic rings. The SMILES string of the molecule is CN(Cc1n[nH]c(=O)n1CCc1ccccc1F)S(C)(=O)=O. The van der Waals surface area contributed by atoms with Crippen LogP contribution in [-0.2, 0) is 29.5 Å². The number of hydrogen-bond donors (Lipinski definition) is 1. The first-order valence-electron chi connectivity index (χ1n) is 6.58. The molecule has 1 aromatic carbocycles. The second-order valence-corrected chi connectivity index (χ2v) is 7.05. The summed E-state index contributed by atoms with van der Waals surface area (Å²) >= 11 is 0. The molecule has 2 rings (SSSR count). The minimum absolute atomic E-state index is 0.0329. The summed E-state index contributed by atoms with van der Waals surface area (Å²) in [6.07, 6.45) is 1.38. The molecule has 0 unspecified atom stereocenters. The number of halogens is 1. The highest BCUT2D eigenvalue weighted by atomic mass is 32.2. The summed E-state index contributed by atoms with van der Waals surface area (Å²) in [5.74, 6) is -0.0527. The van der Waals surface area contributed by atoms with Crippen molar-refractivity contribution < 1.29 is 12.8 Å².